The Bertz CT molecular complexity index is 877. The van der Waals surface area contributed by atoms with Crippen LogP contribution < -0.4 is 10.1 Å². The second-order valence-corrected chi connectivity index (χ2v) is 7.58. The van der Waals surface area contributed by atoms with E-state index in [-0.39, 0.29) is 17.7 Å². The number of carbonyl (C=O) groups excluding carboxylic acids is 1. The predicted molar refractivity (Wildman–Crippen MR) is 105 cm³/mol. The third-order valence-electron chi connectivity index (χ3n) is 3.86. The first-order chi connectivity index (χ1) is 12.6. The molecule has 0 aliphatic rings. The fourth-order valence-corrected chi connectivity index (χ4v) is 3.98. The molecule has 1 N–H and O–H groups in total. The first-order valence-corrected chi connectivity index (χ1v) is 9.95. The van der Waals surface area contributed by atoms with Gasteiger partial charge >= 0.3 is 0 Å². The fourth-order valence-electron chi connectivity index (χ4n) is 2.53. The molecular formula is C18H20N4O2S2. The zero-order valence-corrected chi connectivity index (χ0v) is 16.4. The third-order valence-corrected chi connectivity index (χ3v) is 5.94. The van der Waals surface area contributed by atoms with Gasteiger partial charge in [0.15, 0.2) is 11.0 Å². The van der Waals surface area contributed by atoms with Gasteiger partial charge in [0.05, 0.1) is 24.5 Å². The molecule has 6 nitrogen and oxygen atoms in total. The van der Waals surface area contributed by atoms with Crippen molar-refractivity contribution in [2.24, 2.45) is 7.05 Å². The highest BCUT2D eigenvalue weighted by Gasteiger charge is 2.16. The predicted octanol–water partition coefficient (Wildman–Crippen LogP) is 3.52. The van der Waals surface area contributed by atoms with Gasteiger partial charge in [-0.3, -0.25) is 4.79 Å². The number of hydrogen-bond acceptors (Lipinski definition) is 6. The Morgan fingerprint density at radius 1 is 1.31 bits per heavy atom. The lowest BCUT2D eigenvalue weighted by Crippen LogP contribution is -2.27. The second kappa shape index (κ2) is 8.37. The molecule has 8 heteroatoms. The van der Waals surface area contributed by atoms with Crippen LogP contribution in [0.4, 0.5) is 0 Å². The van der Waals surface area contributed by atoms with Crippen molar-refractivity contribution < 1.29 is 9.53 Å². The molecule has 2 heterocycles. The summed E-state index contributed by atoms with van der Waals surface area (Å²) in [5.74, 6) is 1.70. The minimum Gasteiger partial charge on any atom is -0.496 e. The average Bonchev–Trinajstić information content (AvgIpc) is 3.30. The number of rotatable bonds is 7. The van der Waals surface area contributed by atoms with Gasteiger partial charge in [-0.2, -0.15) is 0 Å². The largest absolute Gasteiger partial charge is 0.496 e. The number of thioether (sulfide) groups is 1. The number of nitrogens with zero attached hydrogens (tertiary/aromatic N) is 3. The number of nitrogens with one attached hydrogen (secondary N) is 1. The molecule has 1 amide bonds. The van der Waals surface area contributed by atoms with Crippen molar-refractivity contribution in [3.05, 3.63) is 46.7 Å². The van der Waals surface area contributed by atoms with Crippen LogP contribution in [0, 0.1) is 0 Å². The lowest BCUT2D eigenvalue weighted by Gasteiger charge is -2.12. The number of ether oxygens (including phenoxy) is 1. The average molecular weight is 389 g/mol. The van der Waals surface area contributed by atoms with Crippen LogP contribution in [0.5, 0.6) is 5.75 Å². The number of aromatic nitrogens is 3. The molecule has 0 saturated carbocycles. The smallest absolute Gasteiger partial charge is 0.230 e. The molecule has 26 heavy (non-hydrogen) atoms. The Labute approximate surface area is 160 Å². The van der Waals surface area contributed by atoms with Crippen LogP contribution in [0.25, 0.3) is 11.4 Å². The number of para-hydroxylation sites is 1. The van der Waals surface area contributed by atoms with E-state index in [1.807, 2.05) is 60.3 Å². The van der Waals surface area contributed by atoms with Gasteiger partial charge in [0.2, 0.25) is 5.91 Å². The molecule has 1 aromatic carbocycles. The van der Waals surface area contributed by atoms with E-state index in [1.54, 1.807) is 18.4 Å². The molecule has 3 rings (SSSR count). The van der Waals surface area contributed by atoms with Gasteiger partial charge in [-0.1, -0.05) is 30.0 Å². The van der Waals surface area contributed by atoms with Crippen LogP contribution in [0.3, 0.4) is 0 Å². The Kier molecular flexibility index (Phi) is 5.95. The highest BCUT2D eigenvalue weighted by Crippen LogP contribution is 2.30. The van der Waals surface area contributed by atoms with Crippen molar-refractivity contribution in [1.29, 1.82) is 0 Å². The van der Waals surface area contributed by atoms with Gasteiger partial charge in [0.25, 0.3) is 0 Å². The Morgan fingerprint density at radius 2 is 2.12 bits per heavy atom. The van der Waals surface area contributed by atoms with Crippen molar-refractivity contribution in [1.82, 2.24) is 20.1 Å². The summed E-state index contributed by atoms with van der Waals surface area (Å²) in [6, 6.07) is 11.7. The van der Waals surface area contributed by atoms with Gasteiger partial charge < -0.3 is 14.6 Å². The maximum absolute atomic E-state index is 12.2. The van der Waals surface area contributed by atoms with E-state index in [2.05, 4.69) is 15.5 Å². The highest BCUT2D eigenvalue weighted by molar-refractivity contribution is 7.99. The minimum absolute atomic E-state index is 0.00624. The van der Waals surface area contributed by atoms with Crippen molar-refractivity contribution in [3.8, 4) is 17.1 Å². The summed E-state index contributed by atoms with van der Waals surface area (Å²) < 4.78 is 7.26. The summed E-state index contributed by atoms with van der Waals surface area (Å²) >= 11 is 3.00. The van der Waals surface area contributed by atoms with Crippen LogP contribution in [0.2, 0.25) is 0 Å². The van der Waals surface area contributed by atoms with Crippen LogP contribution in [0.1, 0.15) is 17.8 Å². The summed E-state index contributed by atoms with van der Waals surface area (Å²) in [4.78, 5) is 13.3. The number of methoxy groups -OCH3 is 1. The summed E-state index contributed by atoms with van der Waals surface area (Å²) in [7, 11) is 3.51. The summed E-state index contributed by atoms with van der Waals surface area (Å²) in [6.07, 6.45) is 0. The number of amides is 1. The Hall–Kier alpha value is -2.32. The molecule has 0 saturated heterocycles. The third kappa shape index (κ3) is 4.08. The van der Waals surface area contributed by atoms with E-state index >= 15 is 0 Å². The molecule has 0 radical (unpaired) electrons. The number of hydrogen-bond donors (Lipinski definition) is 1. The summed E-state index contributed by atoms with van der Waals surface area (Å²) in [5.41, 5.74) is 0.868. The monoisotopic (exact) mass is 388 g/mol. The van der Waals surface area contributed by atoms with E-state index in [0.29, 0.717) is 11.0 Å². The molecular weight excluding hydrogens is 368 g/mol. The van der Waals surface area contributed by atoms with E-state index in [9.17, 15) is 4.79 Å². The molecule has 0 unspecified atom stereocenters. The standard InChI is InChI=1S/C18H20N4O2S2/c1-12(15-9-6-10-25-15)19-16(23)11-26-18-21-20-17(22(18)2)13-7-4-5-8-14(13)24-3/h4-10,12H,11H2,1-3H3,(H,19,23)/t12-/m0/s1. The van der Waals surface area contributed by atoms with Gasteiger partial charge in [-0.15, -0.1) is 21.5 Å². The van der Waals surface area contributed by atoms with Crippen LogP contribution >= 0.6 is 23.1 Å². The van der Waals surface area contributed by atoms with E-state index in [4.69, 9.17) is 4.74 Å². The van der Waals surface area contributed by atoms with E-state index in [1.165, 1.54) is 11.8 Å². The van der Waals surface area contributed by atoms with Gasteiger partial charge in [0.1, 0.15) is 5.75 Å². The molecule has 1 atom stereocenters. The number of thiophene rings is 1. The second-order valence-electron chi connectivity index (χ2n) is 5.66. The van der Waals surface area contributed by atoms with Crippen LogP contribution in [0.15, 0.2) is 46.9 Å². The van der Waals surface area contributed by atoms with Gasteiger partial charge in [-0.25, -0.2) is 0 Å². The Balaban J connectivity index is 1.64. The van der Waals surface area contributed by atoms with Crippen molar-refractivity contribution in [2.75, 3.05) is 12.9 Å². The number of benzene rings is 1. The SMILES string of the molecule is COc1ccccc1-c1nnc(SCC(=O)N[C@@H](C)c2cccs2)n1C. The van der Waals surface area contributed by atoms with Crippen LogP contribution in [-0.2, 0) is 11.8 Å². The quantitative estimate of drug-likeness (QED) is 0.627. The van der Waals surface area contributed by atoms with E-state index < -0.39 is 0 Å². The lowest BCUT2D eigenvalue weighted by atomic mass is 10.2. The molecule has 0 spiro atoms. The minimum atomic E-state index is -0.0299. The Morgan fingerprint density at radius 3 is 2.85 bits per heavy atom. The highest BCUT2D eigenvalue weighted by atomic mass is 32.2. The van der Waals surface area contributed by atoms with Gasteiger partial charge in [-0.05, 0) is 30.5 Å². The maximum atomic E-state index is 12.2. The topological polar surface area (TPSA) is 69.0 Å². The van der Waals surface area contributed by atoms with Crippen molar-refractivity contribution in [2.45, 2.75) is 18.1 Å². The number of carbonyl (C=O) groups is 1. The molecule has 0 bridgehead atoms. The molecule has 3 aromatic rings. The molecule has 0 aliphatic heterocycles. The molecule has 0 fully saturated rings. The fraction of sp³-hybridized carbons (Fsp3) is 0.278. The molecule has 136 valence electrons. The maximum Gasteiger partial charge on any atom is 0.230 e. The first kappa shape index (κ1) is 18.5. The van der Waals surface area contributed by atoms with E-state index in [0.717, 1.165) is 16.2 Å². The zero-order chi connectivity index (χ0) is 18.5. The normalized spacial score (nSPS) is 12.0. The van der Waals surface area contributed by atoms with Crippen molar-refractivity contribution in [3.63, 3.8) is 0 Å². The molecule has 2 aromatic heterocycles. The molecule has 0 aliphatic carbocycles. The summed E-state index contributed by atoms with van der Waals surface area (Å²) in [6.45, 7) is 1.98. The zero-order valence-electron chi connectivity index (χ0n) is 14.8. The lowest BCUT2D eigenvalue weighted by molar-refractivity contribution is -0.119. The van der Waals surface area contributed by atoms with Crippen molar-refractivity contribution >= 4 is 29.0 Å². The summed E-state index contributed by atoms with van der Waals surface area (Å²) in [5, 5.41) is 14.2. The van der Waals surface area contributed by atoms with Crippen LogP contribution in [-0.4, -0.2) is 33.5 Å². The van der Waals surface area contributed by atoms with Gasteiger partial charge in [0, 0.05) is 11.9 Å². The first-order valence-electron chi connectivity index (χ1n) is 8.08.